The van der Waals surface area contributed by atoms with E-state index in [9.17, 15) is 14.7 Å². The Balaban J connectivity index is 1.70. The summed E-state index contributed by atoms with van der Waals surface area (Å²) in [4.78, 5) is 30.7. The molecule has 0 fully saturated rings. The van der Waals surface area contributed by atoms with Crippen LogP contribution in [0.25, 0.3) is 11.0 Å². The van der Waals surface area contributed by atoms with Crippen LogP contribution in [0.1, 0.15) is 53.6 Å². The number of furan rings is 1. The molecular weight excluding hydrogens is 428 g/mol. The van der Waals surface area contributed by atoms with E-state index in [1.165, 1.54) is 0 Å². The Morgan fingerprint density at radius 1 is 1.03 bits per heavy atom. The maximum atomic E-state index is 13.6. The molecule has 1 N–H and O–H groups in total. The van der Waals surface area contributed by atoms with Crippen LogP contribution in [0.3, 0.4) is 0 Å². The third-order valence-corrected chi connectivity index (χ3v) is 6.60. The summed E-state index contributed by atoms with van der Waals surface area (Å²) < 4.78 is 5.83. The third kappa shape index (κ3) is 4.50. The number of nitrogens with zero attached hydrogens (tertiary/aromatic N) is 2. The molecular formula is C28H32N2O4. The molecule has 1 unspecified atom stereocenters. The smallest absolute Gasteiger partial charge is 0.290 e. The predicted molar refractivity (Wildman–Crippen MR) is 133 cm³/mol. The number of aliphatic hydroxyl groups excluding tert-OH is 1. The molecule has 6 heteroatoms. The third-order valence-electron chi connectivity index (χ3n) is 6.60. The molecule has 0 bridgehead atoms. The number of rotatable bonds is 9. The maximum Gasteiger partial charge on any atom is 0.290 e. The summed E-state index contributed by atoms with van der Waals surface area (Å²) >= 11 is 0. The van der Waals surface area contributed by atoms with E-state index < -0.39 is 23.5 Å². The standard InChI is InChI=1S/C28H32N2O4/c1-5-29(6-2)14-7-15-30-25(20-11-8-18(3)9-12-20)24(27(32)28(30)33)26(31)23-17-21-16-19(4)10-13-22(21)34-23/h8-13,16-17,25,32H,5-7,14-15H2,1-4H3. The molecule has 1 aliphatic heterocycles. The zero-order valence-corrected chi connectivity index (χ0v) is 20.3. The van der Waals surface area contributed by atoms with Gasteiger partial charge in [0.1, 0.15) is 5.58 Å². The number of aryl methyl sites for hydroxylation is 2. The van der Waals surface area contributed by atoms with Crippen molar-refractivity contribution in [2.24, 2.45) is 0 Å². The molecule has 1 aliphatic rings. The van der Waals surface area contributed by atoms with Crippen molar-refractivity contribution in [1.82, 2.24) is 9.80 Å². The van der Waals surface area contributed by atoms with E-state index in [1.54, 1.807) is 11.0 Å². The van der Waals surface area contributed by atoms with Gasteiger partial charge in [0.05, 0.1) is 11.6 Å². The Bertz CT molecular complexity index is 1240. The molecule has 1 aromatic heterocycles. The molecule has 2 aromatic carbocycles. The number of Topliss-reactive ketones (excluding diaryl/α,β-unsaturated/α-hetero) is 1. The molecule has 3 aromatic rings. The topological polar surface area (TPSA) is 74.0 Å². The van der Waals surface area contributed by atoms with Crippen LogP contribution in [-0.2, 0) is 4.79 Å². The number of carbonyl (C=O) groups excluding carboxylic acids is 2. The minimum absolute atomic E-state index is 0.0764. The van der Waals surface area contributed by atoms with E-state index in [2.05, 4.69) is 18.7 Å². The van der Waals surface area contributed by atoms with Crippen molar-refractivity contribution >= 4 is 22.7 Å². The normalized spacial score (nSPS) is 16.3. The van der Waals surface area contributed by atoms with Gasteiger partial charge in [-0.05, 0) is 63.7 Å². The highest BCUT2D eigenvalue weighted by Crippen LogP contribution is 2.39. The average Bonchev–Trinajstić information content (AvgIpc) is 3.36. The van der Waals surface area contributed by atoms with Crippen LogP contribution in [0.4, 0.5) is 0 Å². The maximum absolute atomic E-state index is 13.6. The molecule has 34 heavy (non-hydrogen) atoms. The van der Waals surface area contributed by atoms with Crippen molar-refractivity contribution in [2.45, 2.75) is 40.2 Å². The zero-order chi connectivity index (χ0) is 24.4. The van der Waals surface area contributed by atoms with Crippen molar-refractivity contribution in [3.8, 4) is 0 Å². The van der Waals surface area contributed by atoms with E-state index >= 15 is 0 Å². The summed E-state index contributed by atoms with van der Waals surface area (Å²) in [6.45, 7) is 11.3. The minimum atomic E-state index is -0.660. The van der Waals surface area contributed by atoms with Gasteiger partial charge in [-0.15, -0.1) is 0 Å². The quantitative estimate of drug-likeness (QED) is 0.435. The van der Waals surface area contributed by atoms with E-state index in [0.29, 0.717) is 12.1 Å². The molecule has 0 saturated carbocycles. The number of benzene rings is 2. The highest BCUT2D eigenvalue weighted by atomic mass is 16.3. The van der Waals surface area contributed by atoms with Gasteiger partial charge >= 0.3 is 0 Å². The van der Waals surface area contributed by atoms with Crippen molar-refractivity contribution in [2.75, 3.05) is 26.2 Å². The lowest BCUT2D eigenvalue weighted by Gasteiger charge is -2.28. The summed E-state index contributed by atoms with van der Waals surface area (Å²) in [7, 11) is 0. The van der Waals surface area contributed by atoms with Crippen LogP contribution in [0.15, 0.2) is 64.3 Å². The Labute approximate surface area is 200 Å². The van der Waals surface area contributed by atoms with Crippen molar-refractivity contribution in [3.05, 3.63) is 82.3 Å². The van der Waals surface area contributed by atoms with Crippen LogP contribution >= 0.6 is 0 Å². The van der Waals surface area contributed by atoms with Gasteiger partial charge in [0, 0.05) is 11.9 Å². The van der Waals surface area contributed by atoms with E-state index in [4.69, 9.17) is 4.42 Å². The largest absolute Gasteiger partial charge is 0.503 e. The lowest BCUT2D eigenvalue weighted by atomic mass is 9.94. The highest BCUT2D eigenvalue weighted by Gasteiger charge is 2.44. The Morgan fingerprint density at radius 3 is 2.38 bits per heavy atom. The number of fused-ring (bicyclic) bond motifs is 1. The van der Waals surface area contributed by atoms with Gasteiger partial charge in [-0.3, -0.25) is 9.59 Å². The molecule has 4 rings (SSSR count). The fourth-order valence-electron chi connectivity index (χ4n) is 4.62. The summed E-state index contributed by atoms with van der Waals surface area (Å²) in [6.07, 6.45) is 0.744. The molecule has 6 nitrogen and oxygen atoms in total. The molecule has 2 heterocycles. The van der Waals surface area contributed by atoms with Crippen LogP contribution in [0.2, 0.25) is 0 Å². The first-order chi connectivity index (χ1) is 16.3. The SMILES string of the molecule is CCN(CC)CCCN1C(=O)C(O)=C(C(=O)c2cc3cc(C)ccc3o2)C1c1ccc(C)cc1. The van der Waals surface area contributed by atoms with Gasteiger partial charge in [-0.2, -0.15) is 0 Å². The van der Waals surface area contributed by atoms with Gasteiger partial charge in [0.2, 0.25) is 5.78 Å². The van der Waals surface area contributed by atoms with Crippen LogP contribution < -0.4 is 0 Å². The van der Waals surface area contributed by atoms with E-state index in [1.807, 2.05) is 56.3 Å². The minimum Gasteiger partial charge on any atom is -0.503 e. The first-order valence-corrected chi connectivity index (χ1v) is 11.9. The molecule has 178 valence electrons. The van der Waals surface area contributed by atoms with Crippen LogP contribution in [-0.4, -0.2) is 52.8 Å². The molecule has 0 spiro atoms. The van der Waals surface area contributed by atoms with Gasteiger partial charge in [-0.1, -0.05) is 55.3 Å². The second-order valence-electron chi connectivity index (χ2n) is 8.94. The second kappa shape index (κ2) is 9.85. The summed E-state index contributed by atoms with van der Waals surface area (Å²) in [5.41, 5.74) is 3.60. The zero-order valence-electron chi connectivity index (χ0n) is 20.3. The van der Waals surface area contributed by atoms with E-state index in [0.717, 1.165) is 48.1 Å². The molecule has 0 saturated heterocycles. The second-order valence-corrected chi connectivity index (χ2v) is 8.94. The average molecular weight is 461 g/mol. The van der Waals surface area contributed by atoms with Gasteiger partial charge in [0.25, 0.3) is 5.91 Å². The predicted octanol–water partition coefficient (Wildman–Crippen LogP) is 5.36. The highest BCUT2D eigenvalue weighted by molar-refractivity contribution is 6.16. The van der Waals surface area contributed by atoms with Crippen molar-refractivity contribution < 1.29 is 19.1 Å². The lowest BCUT2D eigenvalue weighted by molar-refractivity contribution is -0.129. The number of hydrogen-bond acceptors (Lipinski definition) is 5. The Kier molecular flexibility index (Phi) is 6.89. The van der Waals surface area contributed by atoms with Gasteiger partial charge in [-0.25, -0.2) is 0 Å². The van der Waals surface area contributed by atoms with E-state index in [-0.39, 0.29) is 11.3 Å². The fraction of sp³-hybridized carbons (Fsp3) is 0.357. The molecule has 1 atom stereocenters. The van der Waals surface area contributed by atoms with Crippen LogP contribution in [0, 0.1) is 13.8 Å². The summed E-state index contributed by atoms with van der Waals surface area (Å²) in [6, 6.07) is 14.5. The van der Waals surface area contributed by atoms with Crippen LogP contribution in [0.5, 0.6) is 0 Å². The first kappa shape index (κ1) is 23.8. The summed E-state index contributed by atoms with van der Waals surface area (Å²) in [5, 5.41) is 11.7. The summed E-state index contributed by atoms with van der Waals surface area (Å²) in [5.74, 6) is -1.34. The lowest BCUT2D eigenvalue weighted by Crippen LogP contribution is -2.34. The van der Waals surface area contributed by atoms with Crippen molar-refractivity contribution in [3.63, 3.8) is 0 Å². The molecule has 1 amide bonds. The number of hydrogen-bond donors (Lipinski definition) is 1. The Morgan fingerprint density at radius 2 is 1.71 bits per heavy atom. The number of ketones is 1. The molecule has 0 aliphatic carbocycles. The number of carbonyl (C=O) groups is 2. The van der Waals surface area contributed by atoms with Gasteiger partial charge < -0.3 is 19.3 Å². The fourth-order valence-corrected chi connectivity index (χ4v) is 4.62. The first-order valence-electron chi connectivity index (χ1n) is 11.9. The monoisotopic (exact) mass is 460 g/mol. The Hall–Kier alpha value is -3.38. The van der Waals surface area contributed by atoms with Gasteiger partial charge in [0.15, 0.2) is 11.5 Å². The number of aliphatic hydroxyl groups is 1. The van der Waals surface area contributed by atoms with Crippen molar-refractivity contribution in [1.29, 1.82) is 0 Å². The number of amides is 1. The molecule has 0 radical (unpaired) electrons.